The molecule has 1 rings (SSSR count). The normalized spacial score (nSPS) is 24.4. The number of nitrogens with zero attached hydrogens (tertiary/aromatic N) is 2. The first kappa shape index (κ1) is 16.5. The van der Waals surface area contributed by atoms with E-state index in [1.165, 1.54) is 19.4 Å². The average Bonchev–Trinajstić information content (AvgIpc) is 2.35. The van der Waals surface area contributed by atoms with E-state index in [0.29, 0.717) is 11.5 Å². The maximum Gasteiger partial charge on any atom is 0.105 e. The molecule has 1 aliphatic heterocycles. The Bertz CT molecular complexity index is 318. The molecule has 1 heterocycles. The summed E-state index contributed by atoms with van der Waals surface area (Å²) in [6.45, 7) is 14.4. The summed E-state index contributed by atoms with van der Waals surface area (Å²) in [5.41, 5.74) is 0.0312. The van der Waals surface area contributed by atoms with Crippen molar-refractivity contribution in [1.29, 1.82) is 5.26 Å². The molecule has 2 unspecified atom stereocenters. The third-order valence-electron chi connectivity index (χ3n) is 4.27. The van der Waals surface area contributed by atoms with E-state index in [1.54, 1.807) is 0 Å². The molecule has 3 heteroatoms. The second-order valence-corrected chi connectivity index (χ2v) is 7.16. The Labute approximate surface area is 119 Å². The van der Waals surface area contributed by atoms with Crippen LogP contribution in [0.4, 0.5) is 0 Å². The van der Waals surface area contributed by atoms with E-state index < -0.39 is 5.54 Å². The summed E-state index contributed by atoms with van der Waals surface area (Å²) in [6.07, 6.45) is 4.57. The van der Waals surface area contributed by atoms with Gasteiger partial charge < -0.3 is 4.90 Å². The van der Waals surface area contributed by atoms with Crippen LogP contribution in [0, 0.1) is 16.7 Å². The van der Waals surface area contributed by atoms with Crippen LogP contribution >= 0.6 is 0 Å². The van der Waals surface area contributed by atoms with Crippen molar-refractivity contribution in [2.24, 2.45) is 5.41 Å². The highest BCUT2D eigenvalue weighted by Gasteiger charge is 2.33. The largest absolute Gasteiger partial charge is 0.300 e. The minimum atomic E-state index is -0.392. The van der Waals surface area contributed by atoms with Gasteiger partial charge in [-0.2, -0.15) is 5.26 Å². The second kappa shape index (κ2) is 6.72. The minimum Gasteiger partial charge on any atom is -0.300 e. The maximum absolute atomic E-state index is 9.43. The van der Waals surface area contributed by atoms with Gasteiger partial charge in [-0.25, -0.2) is 0 Å². The Morgan fingerprint density at radius 2 is 2.16 bits per heavy atom. The number of nitriles is 1. The third-order valence-corrected chi connectivity index (χ3v) is 4.27. The van der Waals surface area contributed by atoms with Crippen LogP contribution in [0.2, 0.25) is 0 Å². The van der Waals surface area contributed by atoms with Crippen molar-refractivity contribution in [3.8, 4) is 6.07 Å². The number of nitrogens with one attached hydrogen (secondary N) is 1. The SMILES string of the molecule is CCCNC(C)(C#N)CC(C)N1CCCC(C)(C)C1. The van der Waals surface area contributed by atoms with Crippen LogP contribution in [0.15, 0.2) is 0 Å². The van der Waals surface area contributed by atoms with Gasteiger partial charge in [0.25, 0.3) is 0 Å². The summed E-state index contributed by atoms with van der Waals surface area (Å²) in [6, 6.07) is 2.93. The zero-order valence-electron chi connectivity index (χ0n) is 13.4. The smallest absolute Gasteiger partial charge is 0.105 e. The fourth-order valence-corrected chi connectivity index (χ4v) is 3.12. The molecule has 0 aliphatic carbocycles. The fourth-order valence-electron chi connectivity index (χ4n) is 3.12. The van der Waals surface area contributed by atoms with Gasteiger partial charge in [0, 0.05) is 12.6 Å². The summed E-state index contributed by atoms with van der Waals surface area (Å²) >= 11 is 0. The molecular weight excluding hydrogens is 234 g/mol. The van der Waals surface area contributed by atoms with E-state index in [2.05, 4.69) is 44.0 Å². The molecule has 0 saturated carbocycles. The molecule has 1 saturated heterocycles. The first-order chi connectivity index (χ1) is 8.82. The molecule has 0 aromatic carbocycles. The van der Waals surface area contributed by atoms with Crippen LogP contribution < -0.4 is 5.32 Å². The molecule has 110 valence electrons. The molecule has 19 heavy (non-hydrogen) atoms. The summed E-state index contributed by atoms with van der Waals surface area (Å²) in [5, 5.41) is 12.8. The van der Waals surface area contributed by atoms with Gasteiger partial charge in [0.2, 0.25) is 0 Å². The van der Waals surface area contributed by atoms with Crippen LogP contribution in [-0.2, 0) is 0 Å². The zero-order valence-corrected chi connectivity index (χ0v) is 13.4. The van der Waals surface area contributed by atoms with Crippen LogP contribution in [0.25, 0.3) is 0 Å². The molecule has 1 fully saturated rings. The average molecular weight is 265 g/mol. The minimum absolute atomic E-state index is 0.392. The lowest BCUT2D eigenvalue weighted by Gasteiger charge is -2.42. The molecule has 0 aromatic rings. The van der Waals surface area contributed by atoms with E-state index >= 15 is 0 Å². The van der Waals surface area contributed by atoms with Gasteiger partial charge in [-0.1, -0.05) is 20.8 Å². The number of rotatable bonds is 6. The highest BCUT2D eigenvalue weighted by Crippen LogP contribution is 2.30. The molecule has 0 radical (unpaired) electrons. The summed E-state index contributed by atoms with van der Waals surface area (Å²) < 4.78 is 0. The molecule has 1 N–H and O–H groups in total. The van der Waals surface area contributed by atoms with Crippen LogP contribution in [0.3, 0.4) is 0 Å². The molecule has 3 nitrogen and oxygen atoms in total. The fraction of sp³-hybridized carbons (Fsp3) is 0.938. The van der Waals surface area contributed by atoms with Gasteiger partial charge in [0.05, 0.1) is 6.07 Å². The topological polar surface area (TPSA) is 39.1 Å². The lowest BCUT2D eigenvalue weighted by atomic mass is 9.82. The van der Waals surface area contributed by atoms with Gasteiger partial charge in [-0.3, -0.25) is 5.32 Å². The Hall–Kier alpha value is -0.590. The van der Waals surface area contributed by atoms with Gasteiger partial charge in [0.1, 0.15) is 5.54 Å². The number of likely N-dealkylation sites (tertiary alicyclic amines) is 1. The van der Waals surface area contributed by atoms with Crippen molar-refractivity contribution in [2.75, 3.05) is 19.6 Å². The van der Waals surface area contributed by atoms with Crippen molar-refractivity contribution in [1.82, 2.24) is 10.2 Å². The van der Waals surface area contributed by atoms with Crippen molar-refractivity contribution >= 4 is 0 Å². The lowest BCUT2D eigenvalue weighted by Crippen LogP contribution is -2.50. The molecule has 1 aliphatic rings. The molecular formula is C16H31N3. The van der Waals surface area contributed by atoms with Crippen molar-refractivity contribution in [3.05, 3.63) is 0 Å². The first-order valence-corrected chi connectivity index (χ1v) is 7.72. The Balaban J connectivity index is 2.57. The monoisotopic (exact) mass is 265 g/mol. The Morgan fingerprint density at radius 1 is 1.47 bits per heavy atom. The van der Waals surface area contributed by atoms with Gasteiger partial charge in [-0.15, -0.1) is 0 Å². The van der Waals surface area contributed by atoms with Crippen molar-refractivity contribution in [2.45, 2.75) is 71.9 Å². The van der Waals surface area contributed by atoms with E-state index in [4.69, 9.17) is 0 Å². The van der Waals surface area contributed by atoms with Gasteiger partial charge in [0.15, 0.2) is 0 Å². The van der Waals surface area contributed by atoms with Gasteiger partial charge >= 0.3 is 0 Å². The van der Waals surface area contributed by atoms with Crippen LogP contribution in [-0.4, -0.2) is 36.1 Å². The Kier molecular flexibility index (Phi) is 5.82. The van der Waals surface area contributed by atoms with Crippen molar-refractivity contribution in [3.63, 3.8) is 0 Å². The quantitative estimate of drug-likeness (QED) is 0.802. The van der Waals surface area contributed by atoms with E-state index in [-0.39, 0.29) is 0 Å². The highest BCUT2D eigenvalue weighted by molar-refractivity contribution is 5.05. The summed E-state index contributed by atoms with van der Waals surface area (Å²) in [5.74, 6) is 0. The van der Waals surface area contributed by atoms with E-state index in [0.717, 1.165) is 25.9 Å². The van der Waals surface area contributed by atoms with Gasteiger partial charge in [-0.05, 0) is 58.0 Å². The van der Waals surface area contributed by atoms with Crippen LogP contribution in [0.5, 0.6) is 0 Å². The molecule has 0 aromatic heterocycles. The van der Waals surface area contributed by atoms with Crippen molar-refractivity contribution < 1.29 is 0 Å². The molecule has 0 bridgehead atoms. The highest BCUT2D eigenvalue weighted by atomic mass is 15.2. The third kappa shape index (κ3) is 5.12. The number of hydrogen-bond donors (Lipinski definition) is 1. The van der Waals surface area contributed by atoms with E-state index in [9.17, 15) is 5.26 Å². The lowest BCUT2D eigenvalue weighted by molar-refractivity contribution is 0.0732. The molecule has 2 atom stereocenters. The summed E-state index contributed by atoms with van der Waals surface area (Å²) in [4.78, 5) is 2.56. The second-order valence-electron chi connectivity index (χ2n) is 7.16. The maximum atomic E-state index is 9.43. The Morgan fingerprint density at radius 3 is 2.68 bits per heavy atom. The standard InChI is InChI=1S/C16H31N3/c1-6-9-18-16(5,12-17)11-14(2)19-10-7-8-15(3,4)13-19/h14,18H,6-11,13H2,1-5H3. The number of piperidine rings is 1. The first-order valence-electron chi connectivity index (χ1n) is 7.72. The number of hydrogen-bond acceptors (Lipinski definition) is 3. The van der Waals surface area contributed by atoms with Crippen LogP contribution in [0.1, 0.15) is 60.3 Å². The summed E-state index contributed by atoms with van der Waals surface area (Å²) in [7, 11) is 0. The zero-order chi connectivity index (χ0) is 14.5. The predicted molar refractivity (Wildman–Crippen MR) is 81.0 cm³/mol. The molecule has 0 spiro atoms. The molecule has 0 amide bonds. The van der Waals surface area contributed by atoms with E-state index in [1.807, 2.05) is 6.92 Å². The predicted octanol–water partition coefficient (Wildman–Crippen LogP) is 3.17.